The molecule has 0 aliphatic carbocycles. The molecule has 3 rings (SSSR count). The predicted molar refractivity (Wildman–Crippen MR) is 122 cm³/mol. The standard InChI is InChI=1S/C25H31N3O3/c1-25(2,3)27-24(31)20-13-7-8-14-21(20)26-23(30)19-12-9-15-28(17-19)22(29)16-18-10-5-4-6-11-18/h4-8,10-11,13-14,19H,9,12,15-17H2,1-3H3,(H,26,30)(H,27,31). The second-order valence-corrected chi connectivity index (χ2v) is 9.08. The summed E-state index contributed by atoms with van der Waals surface area (Å²) in [5, 5.41) is 5.85. The number of benzene rings is 2. The van der Waals surface area contributed by atoms with Crippen molar-refractivity contribution in [2.45, 2.75) is 45.6 Å². The molecule has 1 unspecified atom stereocenters. The van der Waals surface area contributed by atoms with Gasteiger partial charge in [0.15, 0.2) is 0 Å². The highest BCUT2D eigenvalue weighted by molar-refractivity contribution is 6.04. The minimum absolute atomic E-state index is 0.0358. The van der Waals surface area contributed by atoms with Crippen LogP contribution in [-0.4, -0.2) is 41.2 Å². The van der Waals surface area contributed by atoms with E-state index >= 15 is 0 Å². The molecule has 6 nitrogen and oxygen atoms in total. The number of hydrogen-bond acceptors (Lipinski definition) is 3. The van der Waals surface area contributed by atoms with Gasteiger partial charge in [0.25, 0.3) is 5.91 Å². The first kappa shape index (κ1) is 22.5. The Kier molecular flexibility index (Phi) is 7.10. The minimum atomic E-state index is -0.378. The summed E-state index contributed by atoms with van der Waals surface area (Å²) in [4.78, 5) is 40.1. The summed E-state index contributed by atoms with van der Waals surface area (Å²) >= 11 is 0. The van der Waals surface area contributed by atoms with Crippen LogP contribution in [0.4, 0.5) is 5.69 Å². The second kappa shape index (κ2) is 9.77. The first-order valence-electron chi connectivity index (χ1n) is 10.8. The number of carbonyl (C=O) groups excluding carboxylic acids is 3. The number of carbonyl (C=O) groups is 3. The number of likely N-dealkylation sites (tertiary alicyclic amines) is 1. The molecule has 0 radical (unpaired) electrons. The van der Waals surface area contributed by atoms with Crippen LogP contribution in [0.25, 0.3) is 0 Å². The van der Waals surface area contributed by atoms with Gasteiger partial charge in [-0.1, -0.05) is 42.5 Å². The van der Waals surface area contributed by atoms with Crippen LogP contribution in [0.2, 0.25) is 0 Å². The molecule has 2 aromatic carbocycles. The lowest BCUT2D eigenvalue weighted by molar-refractivity contribution is -0.133. The molecular formula is C25H31N3O3. The molecule has 1 aliphatic heterocycles. The number of amides is 3. The summed E-state index contributed by atoms with van der Waals surface area (Å²) in [7, 11) is 0. The van der Waals surface area contributed by atoms with Crippen molar-refractivity contribution in [3.8, 4) is 0 Å². The molecule has 0 aromatic heterocycles. The highest BCUT2D eigenvalue weighted by Crippen LogP contribution is 2.22. The number of nitrogens with one attached hydrogen (secondary N) is 2. The van der Waals surface area contributed by atoms with Gasteiger partial charge < -0.3 is 15.5 Å². The van der Waals surface area contributed by atoms with E-state index in [1.165, 1.54) is 0 Å². The molecule has 1 saturated heterocycles. The van der Waals surface area contributed by atoms with Crippen molar-refractivity contribution in [2.24, 2.45) is 5.92 Å². The Morgan fingerprint density at radius 1 is 1.00 bits per heavy atom. The summed E-state index contributed by atoms with van der Waals surface area (Å²) in [5.74, 6) is -0.652. The molecule has 31 heavy (non-hydrogen) atoms. The van der Waals surface area contributed by atoms with Crippen molar-refractivity contribution in [1.82, 2.24) is 10.2 Å². The van der Waals surface area contributed by atoms with Gasteiger partial charge in [0, 0.05) is 18.6 Å². The van der Waals surface area contributed by atoms with Gasteiger partial charge in [-0.2, -0.15) is 0 Å². The zero-order chi connectivity index (χ0) is 22.4. The molecule has 1 aliphatic rings. The SMILES string of the molecule is CC(C)(C)NC(=O)c1ccccc1NC(=O)C1CCCN(C(=O)Cc2ccccc2)C1. The maximum Gasteiger partial charge on any atom is 0.253 e. The molecule has 6 heteroatoms. The number of rotatable bonds is 5. The third-order valence-corrected chi connectivity index (χ3v) is 5.26. The van der Waals surface area contributed by atoms with Crippen LogP contribution < -0.4 is 10.6 Å². The number of para-hydroxylation sites is 1. The summed E-state index contributed by atoms with van der Waals surface area (Å²) in [5.41, 5.74) is 1.51. The van der Waals surface area contributed by atoms with Crippen molar-refractivity contribution in [2.75, 3.05) is 18.4 Å². The monoisotopic (exact) mass is 421 g/mol. The molecule has 164 valence electrons. The lowest BCUT2D eigenvalue weighted by atomic mass is 9.96. The fourth-order valence-corrected chi connectivity index (χ4v) is 3.73. The minimum Gasteiger partial charge on any atom is -0.347 e. The Balaban J connectivity index is 1.64. The average molecular weight is 422 g/mol. The van der Waals surface area contributed by atoms with Crippen LogP contribution in [0.1, 0.15) is 49.5 Å². The van der Waals surface area contributed by atoms with Crippen LogP contribution in [-0.2, 0) is 16.0 Å². The van der Waals surface area contributed by atoms with Gasteiger partial charge in [-0.05, 0) is 51.3 Å². The molecule has 1 atom stereocenters. The van der Waals surface area contributed by atoms with E-state index in [-0.39, 0.29) is 29.2 Å². The Morgan fingerprint density at radius 3 is 2.39 bits per heavy atom. The maximum absolute atomic E-state index is 13.0. The Morgan fingerprint density at radius 2 is 1.68 bits per heavy atom. The van der Waals surface area contributed by atoms with E-state index in [9.17, 15) is 14.4 Å². The Bertz CT molecular complexity index is 935. The molecule has 2 N–H and O–H groups in total. The van der Waals surface area contributed by atoms with Crippen LogP contribution in [0.5, 0.6) is 0 Å². The first-order valence-corrected chi connectivity index (χ1v) is 10.8. The average Bonchev–Trinajstić information content (AvgIpc) is 2.73. The highest BCUT2D eigenvalue weighted by atomic mass is 16.2. The predicted octanol–water partition coefficient (Wildman–Crippen LogP) is 3.63. The van der Waals surface area contributed by atoms with Gasteiger partial charge in [0.1, 0.15) is 0 Å². The van der Waals surface area contributed by atoms with Gasteiger partial charge in [0.2, 0.25) is 11.8 Å². The molecule has 3 amide bonds. The van der Waals surface area contributed by atoms with E-state index in [2.05, 4.69) is 10.6 Å². The van der Waals surface area contributed by atoms with E-state index in [4.69, 9.17) is 0 Å². The van der Waals surface area contributed by atoms with E-state index in [1.807, 2.05) is 51.1 Å². The largest absolute Gasteiger partial charge is 0.347 e. The van der Waals surface area contributed by atoms with Gasteiger partial charge in [0.05, 0.1) is 23.6 Å². The van der Waals surface area contributed by atoms with Crippen LogP contribution in [0.15, 0.2) is 54.6 Å². The van der Waals surface area contributed by atoms with Crippen molar-refractivity contribution < 1.29 is 14.4 Å². The second-order valence-electron chi connectivity index (χ2n) is 9.08. The fourth-order valence-electron chi connectivity index (χ4n) is 3.73. The molecule has 0 spiro atoms. The zero-order valence-electron chi connectivity index (χ0n) is 18.5. The molecule has 2 aromatic rings. The van der Waals surface area contributed by atoms with Crippen LogP contribution >= 0.6 is 0 Å². The van der Waals surface area contributed by atoms with Gasteiger partial charge in [-0.15, -0.1) is 0 Å². The quantitative estimate of drug-likeness (QED) is 0.774. The maximum atomic E-state index is 13.0. The van der Waals surface area contributed by atoms with Gasteiger partial charge in [-0.25, -0.2) is 0 Å². The van der Waals surface area contributed by atoms with Crippen molar-refractivity contribution >= 4 is 23.4 Å². The summed E-state index contributed by atoms with van der Waals surface area (Å²) in [6.07, 6.45) is 1.84. The zero-order valence-corrected chi connectivity index (χ0v) is 18.5. The number of piperidine rings is 1. The van der Waals surface area contributed by atoms with Crippen LogP contribution in [0, 0.1) is 5.92 Å². The number of hydrogen-bond donors (Lipinski definition) is 2. The van der Waals surface area contributed by atoms with E-state index in [0.29, 0.717) is 30.8 Å². The van der Waals surface area contributed by atoms with E-state index in [1.54, 1.807) is 29.2 Å². The van der Waals surface area contributed by atoms with Crippen molar-refractivity contribution in [3.63, 3.8) is 0 Å². The summed E-state index contributed by atoms with van der Waals surface area (Å²) in [6.45, 7) is 6.80. The Labute approximate surface area is 184 Å². The van der Waals surface area contributed by atoms with Gasteiger partial charge >= 0.3 is 0 Å². The van der Waals surface area contributed by atoms with E-state index in [0.717, 1.165) is 18.4 Å². The smallest absolute Gasteiger partial charge is 0.253 e. The third kappa shape index (κ3) is 6.41. The molecule has 0 bridgehead atoms. The first-order chi connectivity index (χ1) is 14.7. The van der Waals surface area contributed by atoms with Gasteiger partial charge in [-0.3, -0.25) is 14.4 Å². The third-order valence-electron chi connectivity index (χ3n) is 5.26. The Hall–Kier alpha value is -3.15. The van der Waals surface area contributed by atoms with Crippen LogP contribution in [0.3, 0.4) is 0 Å². The lowest BCUT2D eigenvalue weighted by Gasteiger charge is -2.32. The summed E-state index contributed by atoms with van der Waals surface area (Å²) < 4.78 is 0. The molecule has 1 fully saturated rings. The fraction of sp³-hybridized carbons (Fsp3) is 0.400. The molecular weight excluding hydrogens is 390 g/mol. The summed E-state index contributed by atoms with van der Waals surface area (Å²) in [6, 6.07) is 16.6. The topological polar surface area (TPSA) is 78.5 Å². The molecule has 0 saturated carbocycles. The van der Waals surface area contributed by atoms with Crippen molar-refractivity contribution in [3.05, 3.63) is 65.7 Å². The highest BCUT2D eigenvalue weighted by Gasteiger charge is 2.29. The van der Waals surface area contributed by atoms with E-state index < -0.39 is 0 Å². The number of nitrogens with zero attached hydrogens (tertiary/aromatic N) is 1. The van der Waals surface area contributed by atoms with Crippen molar-refractivity contribution in [1.29, 1.82) is 0 Å². The number of anilines is 1. The molecule has 1 heterocycles. The normalized spacial score (nSPS) is 16.5. The lowest BCUT2D eigenvalue weighted by Crippen LogP contribution is -2.44.